The van der Waals surface area contributed by atoms with Crippen LogP contribution < -0.4 is 0 Å². The second kappa shape index (κ2) is 7.64. The second-order valence-corrected chi connectivity index (χ2v) is 11.7. The molecule has 3 heterocycles. The van der Waals surface area contributed by atoms with Gasteiger partial charge in [-0.15, -0.1) is 11.3 Å². The summed E-state index contributed by atoms with van der Waals surface area (Å²) in [5.74, 6) is -0.817. The molecule has 8 nitrogen and oxygen atoms in total. The monoisotopic (exact) mass is 459 g/mol. The average Bonchev–Trinajstić information content (AvgIpc) is 3.40. The minimum Gasteiger partial charge on any atom is -0.338 e. The Morgan fingerprint density at radius 1 is 1.10 bits per heavy atom. The molecule has 0 radical (unpaired) electrons. The number of hydrogen-bond donors (Lipinski definition) is 0. The summed E-state index contributed by atoms with van der Waals surface area (Å²) in [4.78, 5) is 40.4. The Balaban J connectivity index is 1.36. The number of hydrogen-bond acceptors (Lipinski definition) is 6. The number of amides is 3. The van der Waals surface area contributed by atoms with E-state index < -0.39 is 15.4 Å². The number of thiophene rings is 1. The van der Waals surface area contributed by atoms with Crippen molar-refractivity contribution in [1.29, 1.82) is 0 Å². The quantitative estimate of drug-likeness (QED) is 0.636. The van der Waals surface area contributed by atoms with Crippen LogP contribution in [0.5, 0.6) is 0 Å². The Hall–Kier alpha value is -1.49. The van der Waals surface area contributed by atoms with Crippen molar-refractivity contribution in [2.75, 3.05) is 32.7 Å². The summed E-state index contributed by atoms with van der Waals surface area (Å²) in [6.45, 7) is 0.509. The highest BCUT2D eigenvalue weighted by Crippen LogP contribution is 2.46. The van der Waals surface area contributed by atoms with Gasteiger partial charge in [0.1, 0.15) is 10.8 Å². The fourth-order valence-corrected chi connectivity index (χ4v) is 7.50. The van der Waals surface area contributed by atoms with E-state index in [4.69, 9.17) is 11.6 Å². The number of nitrogens with zero attached hydrogens (tertiary/aromatic N) is 3. The third kappa shape index (κ3) is 3.71. The van der Waals surface area contributed by atoms with E-state index in [9.17, 15) is 22.8 Å². The Morgan fingerprint density at radius 2 is 1.76 bits per heavy atom. The van der Waals surface area contributed by atoms with Crippen LogP contribution in [0.2, 0.25) is 4.34 Å². The maximum atomic E-state index is 12.7. The third-order valence-electron chi connectivity index (χ3n) is 6.08. The summed E-state index contributed by atoms with van der Waals surface area (Å²) < 4.78 is 27.2. The summed E-state index contributed by atoms with van der Waals surface area (Å²) in [7, 11) is -3.63. The van der Waals surface area contributed by atoms with Crippen molar-refractivity contribution in [3.8, 4) is 0 Å². The predicted octanol–water partition coefficient (Wildman–Crippen LogP) is 1.55. The lowest BCUT2D eigenvalue weighted by molar-refractivity contribution is -0.147. The standard InChI is InChI=1S/C18H22ClN3O5S2/c19-13-3-4-16(28-13)29(26,27)21-9-7-20(8-10-21)15(24)12-22-14(23)11-18(17(22)25)5-1-2-6-18/h3-4H,1-2,5-12H2. The zero-order valence-electron chi connectivity index (χ0n) is 15.8. The van der Waals surface area contributed by atoms with Crippen molar-refractivity contribution in [2.45, 2.75) is 36.3 Å². The van der Waals surface area contributed by atoms with Crippen molar-refractivity contribution >= 4 is 50.7 Å². The van der Waals surface area contributed by atoms with Gasteiger partial charge in [-0.3, -0.25) is 19.3 Å². The van der Waals surface area contributed by atoms with E-state index in [0.717, 1.165) is 29.1 Å². The molecule has 2 saturated heterocycles. The van der Waals surface area contributed by atoms with E-state index in [1.165, 1.54) is 15.3 Å². The number of sulfonamides is 1. The van der Waals surface area contributed by atoms with Gasteiger partial charge >= 0.3 is 0 Å². The molecule has 3 fully saturated rings. The number of carbonyl (C=O) groups is 3. The van der Waals surface area contributed by atoms with Crippen molar-refractivity contribution in [1.82, 2.24) is 14.1 Å². The van der Waals surface area contributed by atoms with E-state index >= 15 is 0 Å². The van der Waals surface area contributed by atoms with Gasteiger partial charge in [0.25, 0.3) is 10.0 Å². The number of likely N-dealkylation sites (tertiary alicyclic amines) is 1. The summed E-state index contributed by atoms with van der Waals surface area (Å²) in [5.41, 5.74) is -0.591. The van der Waals surface area contributed by atoms with Crippen molar-refractivity contribution < 1.29 is 22.8 Å². The molecule has 1 saturated carbocycles. The second-order valence-electron chi connectivity index (χ2n) is 7.79. The van der Waals surface area contributed by atoms with Crippen LogP contribution in [0.25, 0.3) is 0 Å². The first-order valence-electron chi connectivity index (χ1n) is 9.61. The molecule has 0 bridgehead atoms. The summed E-state index contributed by atoms with van der Waals surface area (Å²) in [6.07, 6.45) is 3.50. The van der Waals surface area contributed by atoms with Crippen molar-refractivity contribution in [3.63, 3.8) is 0 Å². The average molecular weight is 460 g/mol. The summed E-state index contributed by atoms with van der Waals surface area (Å²) >= 11 is 6.84. The molecule has 3 amide bonds. The van der Waals surface area contributed by atoms with Gasteiger partial charge in [0.05, 0.1) is 9.75 Å². The minimum absolute atomic E-state index is 0.162. The molecule has 3 aliphatic rings. The van der Waals surface area contributed by atoms with E-state index in [0.29, 0.717) is 17.2 Å². The van der Waals surface area contributed by atoms with Crippen LogP contribution >= 0.6 is 22.9 Å². The Kier molecular flexibility index (Phi) is 5.47. The molecule has 1 aromatic rings. The van der Waals surface area contributed by atoms with Crippen LogP contribution in [-0.2, 0) is 24.4 Å². The fraction of sp³-hybridized carbons (Fsp3) is 0.611. The molecular weight excluding hydrogens is 438 g/mol. The van der Waals surface area contributed by atoms with Gasteiger partial charge in [-0.1, -0.05) is 24.4 Å². The molecule has 0 aromatic carbocycles. The lowest BCUT2D eigenvalue weighted by Crippen LogP contribution is -2.53. The highest BCUT2D eigenvalue weighted by atomic mass is 35.5. The zero-order chi connectivity index (χ0) is 20.8. The molecule has 4 rings (SSSR count). The zero-order valence-corrected chi connectivity index (χ0v) is 18.2. The Bertz CT molecular complexity index is 946. The van der Waals surface area contributed by atoms with Gasteiger partial charge in [0.15, 0.2) is 0 Å². The molecule has 2 aliphatic heterocycles. The Morgan fingerprint density at radius 3 is 2.34 bits per heavy atom. The smallest absolute Gasteiger partial charge is 0.252 e. The SMILES string of the molecule is O=C(CN1C(=O)CC2(CCCC2)C1=O)N1CCN(S(=O)(=O)c2ccc(Cl)s2)CC1. The van der Waals surface area contributed by atoms with Crippen LogP contribution in [-0.4, -0.2) is 73.0 Å². The van der Waals surface area contributed by atoms with Crippen LogP contribution in [0, 0.1) is 5.41 Å². The van der Waals surface area contributed by atoms with Gasteiger partial charge in [-0.25, -0.2) is 8.42 Å². The lowest BCUT2D eigenvalue weighted by Gasteiger charge is -2.34. The topological polar surface area (TPSA) is 95.1 Å². The maximum absolute atomic E-state index is 12.7. The number of piperazine rings is 1. The van der Waals surface area contributed by atoms with E-state index in [-0.39, 0.29) is 61.1 Å². The number of imide groups is 1. The molecule has 1 spiro atoms. The fourth-order valence-electron chi connectivity index (χ4n) is 4.44. The van der Waals surface area contributed by atoms with Gasteiger partial charge in [-0.2, -0.15) is 4.31 Å². The first-order chi connectivity index (χ1) is 13.7. The summed E-state index contributed by atoms with van der Waals surface area (Å²) in [6, 6.07) is 3.02. The lowest BCUT2D eigenvalue weighted by atomic mass is 9.84. The number of carbonyl (C=O) groups excluding carboxylic acids is 3. The highest BCUT2D eigenvalue weighted by Gasteiger charge is 2.53. The molecule has 1 aromatic heterocycles. The molecule has 0 N–H and O–H groups in total. The van der Waals surface area contributed by atoms with Gasteiger partial charge in [-0.05, 0) is 25.0 Å². The van der Waals surface area contributed by atoms with Crippen LogP contribution in [0.3, 0.4) is 0 Å². The molecule has 11 heteroatoms. The molecule has 0 atom stereocenters. The van der Waals surface area contributed by atoms with Gasteiger partial charge in [0.2, 0.25) is 17.7 Å². The molecule has 1 aliphatic carbocycles. The van der Waals surface area contributed by atoms with Crippen LogP contribution in [0.1, 0.15) is 32.1 Å². The minimum atomic E-state index is -3.63. The first-order valence-corrected chi connectivity index (χ1v) is 12.2. The van der Waals surface area contributed by atoms with E-state index in [2.05, 4.69) is 0 Å². The largest absolute Gasteiger partial charge is 0.338 e. The van der Waals surface area contributed by atoms with Gasteiger partial charge in [0, 0.05) is 32.6 Å². The predicted molar refractivity (Wildman–Crippen MR) is 107 cm³/mol. The number of halogens is 1. The van der Waals surface area contributed by atoms with E-state index in [1.807, 2.05) is 0 Å². The van der Waals surface area contributed by atoms with Crippen molar-refractivity contribution in [3.05, 3.63) is 16.5 Å². The van der Waals surface area contributed by atoms with E-state index in [1.54, 1.807) is 6.07 Å². The van der Waals surface area contributed by atoms with Crippen LogP contribution in [0.4, 0.5) is 0 Å². The van der Waals surface area contributed by atoms with Gasteiger partial charge < -0.3 is 4.90 Å². The third-order valence-corrected chi connectivity index (χ3v) is 9.67. The molecule has 0 unspecified atom stereocenters. The normalized spacial score (nSPS) is 22.8. The molecule has 158 valence electrons. The molecule has 29 heavy (non-hydrogen) atoms. The number of rotatable bonds is 4. The highest BCUT2D eigenvalue weighted by molar-refractivity contribution is 7.91. The summed E-state index contributed by atoms with van der Waals surface area (Å²) in [5, 5.41) is 0. The first kappa shape index (κ1) is 20.8. The molecular formula is C18H22ClN3O5S2. The van der Waals surface area contributed by atoms with Crippen molar-refractivity contribution in [2.24, 2.45) is 5.41 Å². The van der Waals surface area contributed by atoms with Crippen LogP contribution in [0.15, 0.2) is 16.3 Å². The maximum Gasteiger partial charge on any atom is 0.252 e. The Labute approximate surface area is 178 Å².